The summed E-state index contributed by atoms with van der Waals surface area (Å²) in [6, 6.07) is 70.6. The van der Waals surface area contributed by atoms with Gasteiger partial charge in [-0.15, -0.1) is 34.0 Å². The molecule has 0 fully saturated rings. The molecule has 0 saturated heterocycles. The Bertz CT molecular complexity index is 3800. The molecular formula is C61H48N2S3. The van der Waals surface area contributed by atoms with Crippen LogP contribution >= 0.6 is 34.0 Å². The second kappa shape index (κ2) is 16.3. The highest BCUT2D eigenvalue weighted by Gasteiger charge is 2.26. The van der Waals surface area contributed by atoms with Crippen molar-refractivity contribution in [3.8, 4) is 22.3 Å². The number of anilines is 5. The van der Waals surface area contributed by atoms with Gasteiger partial charge in [0.2, 0.25) is 0 Å². The SMILES string of the molecule is Cc1cc(N(c2ccccc2)c2cc(-c3ccccc3-c3cc(N(c4ccccc4)[C@@H](C)C(C)C)cc4c3sc3ccccc34)c3sc4cccc(C)c4c3c2)cc2sc3ccccc3c12. The average Bonchev–Trinajstić information content (AvgIpc) is 4.04. The van der Waals surface area contributed by atoms with Crippen molar-refractivity contribution in [3.05, 3.63) is 199 Å². The lowest BCUT2D eigenvalue weighted by Crippen LogP contribution is -2.32. The maximum atomic E-state index is 2.56. The standard InChI is InChI=1S/C61H48N2S3/c1-37(2)40(5)62(41-20-8-6-9-21-41)44-32-50(60-52(33-44)48-26-14-16-28-54(48)65-60)46-24-12-13-25-47(46)51-34-45(35-53-58-38(3)19-18-30-56(58)66-61(51)53)63(42-22-10-7-11-23-42)43-31-39(4)59-49-27-15-17-29-55(49)64-57(59)36-43/h6-37,40H,1-5H3/t40-/m0/s1. The minimum atomic E-state index is 0.260. The Labute approximate surface area is 398 Å². The van der Waals surface area contributed by atoms with Crippen LogP contribution in [0, 0.1) is 19.8 Å². The molecule has 0 N–H and O–H groups in total. The molecule has 12 rings (SSSR count). The lowest BCUT2D eigenvalue weighted by Gasteiger charge is -2.34. The van der Waals surface area contributed by atoms with Gasteiger partial charge < -0.3 is 9.80 Å². The van der Waals surface area contributed by atoms with Crippen LogP contribution in [0.1, 0.15) is 31.9 Å². The van der Waals surface area contributed by atoms with Gasteiger partial charge in [-0.3, -0.25) is 0 Å². The van der Waals surface area contributed by atoms with Gasteiger partial charge in [-0.05, 0) is 128 Å². The Morgan fingerprint density at radius 3 is 1.59 bits per heavy atom. The van der Waals surface area contributed by atoms with E-state index in [1.807, 2.05) is 34.0 Å². The molecule has 0 aliphatic rings. The summed E-state index contributed by atoms with van der Waals surface area (Å²) >= 11 is 5.71. The molecule has 66 heavy (non-hydrogen) atoms. The van der Waals surface area contributed by atoms with Crippen molar-refractivity contribution in [2.45, 2.75) is 40.7 Å². The Kier molecular flexibility index (Phi) is 10.1. The van der Waals surface area contributed by atoms with Gasteiger partial charge in [0.15, 0.2) is 0 Å². The summed E-state index contributed by atoms with van der Waals surface area (Å²) in [7, 11) is 0. The number of hydrogen-bond donors (Lipinski definition) is 0. The third-order valence-corrected chi connectivity index (χ3v) is 17.2. The van der Waals surface area contributed by atoms with Crippen LogP contribution in [0.5, 0.6) is 0 Å². The molecule has 0 spiro atoms. The number of nitrogens with zero attached hydrogens (tertiary/aromatic N) is 2. The molecule has 0 amide bonds. The summed E-state index contributed by atoms with van der Waals surface area (Å²) in [6.45, 7) is 11.6. The van der Waals surface area contributed by atoms with Crippen LogP contribution in [0.25, 0.3) is 82.8 Å². The Balaban J connectivity index is 1.15. The molecule has 1 atom stereocenters. The van der Waals surface area contributed by atoms with E-state index in [2.05, 4.69) is 232 Å². The van der Waals surface area contributed by atoms with Crippen molar-refractivity contribution in [2.75, 3.05) is 9.80 Å². The molecule has 3 aromatic heterocycles. The van der Waals surface area contributed by atoms with E-state index in [9.17, 15) is 0 Å². The zero-order valence-corrected chi connectivity index (χ0v) is 40.1. The van der Waals surface area contributed by atoms with E-state index in [4.69, 9.17) is 0 Å². The molecule has 0 aliphatic heterocycles. The molecule has 0 radical (unpaired) electrons. The molecule has 5 heteroatoms. The normalized spacial score (nSPS) is 12.4. The highest BCUT2D eigenvalue weighted by Crippen LogP contribution is 2.51. The number of aryl methyl sites for hydroxylation is 2. The summed E-state index contributed by atoms with van der Waals surface area (Å²) in [5.74, 6) is 0.430. The first-order chi connectivity index (χ1) is 32.3. The number of para-hydroxylation sites is 2. The van der Waals surface area contributed by atoms with E-state index in [-0.39, 0.29) is 6.04 Å². The lowest BCUT2D eigenvalue weighted by atomic mass is 9.91. The molecule has 0 unspecified atom stereocenters. The van der Waals surface area contributed by atoms with Crippen LogP contribution in [0.3, 0.4) is 0 Å². The third-order valence-electron chi connectivity index (χ3n) is 13.6. The fourth-order valence-corrected chi connectivity index (χ4v) is 13.9. The largest absolute Gasteiger partial charge is 0.338 e. The lowest BCUT2D eigenvalue weighted by molar-refractivity contribution is 0.519. The van der Waals surface area contributed by atoms with Crippen molar-refractivity contribution >= 4 is 123 Å². The van der Waals surface area contributed by atoms with Gasteiger partial charge in [0.1, 0.15) is 0 Å². The van der Waals surface area contributed by atoms with E-state index in [1.165, 1.54) is 105 Å². The van der Waals surface area contributed by atoms with Gasteiger partial charge in [-0.2, -0.15) is 0 Å². The summed E-state index contributed by atoms with van der Waals surface area (Å²) < 4.78 is 7.86. The molecule has 2 nitrogen and oxygen atoms in total. The maximum absolute atomic E-state index is 2.56. The Morgan fingerprint density at radius 2 is 0.879 bits per heavy atom. The molecule has 12 aromatic rings. The zero-order valence-electron chi connectivity index (χ0n) is 37.7. The first-order valence-corrected chi connectivity index (χ1v) is 25.4. The number of fused-ring (bicyclic) bond motifs is 9. The Morgan fingerprint density at radius 1 is 0.348 bits per heavy atom. The van der Waals surface area contributed by atoms with Crippen molar-refractivity contribution in [2.24, 2.45) is 5.92 Å². The first kappa shape index (κ1) is 40.7. The minimum absolute atomic E-state index is 0.260. The van der Waals surface area contributed by atoms with Crippen molar-refractivity contribution in [3.63, 3.8) is 0 Å². The van der Waals surface area contributed by atoms with E-state index in [0.717, 1.165) is 17.1 Å². The van der Waals surface area contributed by atoms with E-state index in [1.54, 1.807) is 0 Å². The summed E-state index contributed by atoms with van der Waals surface area (Å²) in [5, 5.41) is 7.90. The topological polar surface area (TPSA) is 6.48 Å². The number of benzene rings is 9. The van der Waals surface area contributed by atoms with E-state index in [0.29, 0.717) is 5.92 Å². The van der Waals surface area contributed by atoms with Crippen LogP contribution in [-0.4, -0.2) is 6.04 Å². The average molecular weight is 905 g/mol. The highest BCUT2D eigenvalue weighted by atomic mass is 32.1. The quantitative estimate of drug-likeness (QED) is 0.142. The van der Waals surface area contributed by atoms with Crippen molar-refractivity contribution in [1.29, 1.82) is 0 Å². The number of hydrogen-bond acceptors (Lipinski definition) is 5. The third kappa shape index (κ3) is 6.71. The second-order valence-corrected chi connectivity index (χ2v) is 21.2. The molecule has 0 saturated carbocycles. The molecule has 0 bridgehead atoms. The van der Waals surface area contributed by atoms with Gasteiger partial charge in [-0.1, -0.05) is 123 Å². The first-order valence-electron chi connectivity index (χ1n) is 22.9. The summed E-state index contributed by atoms with van der Waals surface area (Å²) in [4.78, 5) is 5.05. The van der Waals surface area contributed by atoms with Gasteiger partial charge in [-0.25, -0.2) is 0 Å². The van der Waals surface area contributed by atoms with Crippen molar-refractivity contribution < 1.29 is 0 Å². The number of thiophene rings is 3. The molecule has 3 heterocycles. The number of rotatable bonds is 9. The van der Waals surface area contributed by atoms with Crippen LogP contribution < -0.4 is 9.80 Å². The molecule has 320 valence electrons. The predicted octanol–water partition coefficient (Wildman–Crippen LogP) is 19.4. The van der Waals surface area contributed by atoms with Crippen LogP contribution in [0.2, 0.25) is 0 Å². The van der Waals surface area contributed by atoms with Crippen LogP contribution in [0.15, 0.2) is 188 Å². The molecule has 0 aliphatic carbocycles. The fraction of sp³-hybridized carbons (Fsp3) is 0.115. The highest BCUT2D eigenvalue weighted by molar-refractivity contribution is 7.27. The van der Waals surface area contributed by atoms with Gasteiger partial charge in [0.05, 0.1) is 0 Å². The van der Waals surface area contributed by atoms with Gasteiger partial charge in [0, 0.05) is 106 Å². The zero-order chi connectivity index (χ0) is 44.6. The predicted molar refractivity (Wildman–Crippen MR) is 293 cm³/mol. The maximum Gasteiger partial charge on any atom is 0.0478 e. The summed E-state index contributed by atoms with van der Waals surface area (Å²) in [5.41, 5.74) is 13.4. The monoisotopic (exact) mass is 904 g/mol. The second-order valence-electron chi connectivity index (χ2n) is 18.0. The Hall–Kier alpha value is -6.76. The fourth-order valence-electron chi connectivity index (χ4n) is 10.2. The van der Waals surface area contributed by atoms with Crippen LogP contribution in [0.4, 0.5) is 28.4 Å². The summed E-state index contributed by atoms with van der Waals surface area (Å²) in [6.07, 6.45) is 0. The van der Waals surface area contributed by atoms with E-state index < -0.39 is 0 Å². The van der Waals surface area contributed by atoms with Gasteiger partial charge in [0.25, 0.3) is 0 Å². The smallest absolute Gasteiger partial charge is 0.0478 e. The van der Waals surface area contributed by atoms with Crippen molar-refractivity contribution in [1.82, 2.24) is 0 Å². The van der Waals surface area contributed by atoms with E-state index >= 15 is 0 Å². The van der Waals surface area contributed by atoms with Crippen LogP contribution in [-0.2, 0) is 0 Å². The van der Waals surface area contributed by atoms with Gasteiger partial charge >= 0.3 is 0 Å². The molecular weight excluding hydrogens is 857 g/mol. The molecule has 9 aromatic carbocycles. The minimum Gasteiger partial charge on any atom is -0.338 e.